The van der Waals surface area contributed by atoms with Crippen LogP contribution in [0.25, 0.3) is 0 Å². The lowest BCUT2D eigenvalue weighted by Gasteiger charge is -2.35. The van der Waals surface area contributed by atoms with Gasteiger partial charge in [0.25, 0.3) is 0 Å². The Morgan fingerprint density at radius 1 is 1.17 bits per heavy atom. The average molecular weight is 309 g/mol. The van der Waals surface area contributed by atoms with Crippen molar-refractivity contribution in [1.82, 2.24) is 9.78 Å². The molecule has 0 spiro atoms. The minimum atomic E-state index is 0.154. The van der Waals surface area contributed by atoms with Crippen LogP contribution in [0.4, 0.5) is 5.69 Å². The van der Waals surface area contributed by atoms with Crippen LogP contribution in [0.2, 0.25) is 0 Å². The number of carbonyl (C=O) groups excluding carboxylic acids is 1. The van der Waals surface area contributed by atoms with Crippen molar-refractivity contribution in [3.8, 4) is 0 Å². The Labute approximate surface area is 137 Å². The van der Waals surface area contributed by atoms with Gasteiger partial charge in [-0.3, -0.25) is 9.48 Å². The Morgan fingerprint density at radius 3 is 2.91 bits per heavy atom. The van der Waals surface area contributed by atoms with Crippen LogP contribution in [0.1, 0.15) is 43.0 Å². The number of amides is 1. The van der Waals surface area contributed by atoms with Crippen LogP contribution in [0.15, 0.2) is 30.5 Å². The summed E-state index contributed by atoms with van der Waals surface area (Å²) in [5, 5.41) is 4.48. The third-order valence-corrected chi connectivity index (χ3v) is 5.22. The van der Waals surface area contributed by atoms with E-state index >= 15 is 0 Å². The first-order valence-corrected chi connectivity index (χ1v) is 8.67. The Kier molecular flexibility index (Phi) is 3.68. The zero-order chi connectivity index (χ0) is 15.8. The van der Waals surface area contributed by atoms with Crippen LogP contribution >= 0.6 is 0 Å². The Bertz CT molecular complexity index is 734. The number of fused-ring (bicyclic) bond motifs is 2. The molecule has 2 aliphatic rings. The number of carbonyl (C=O) groups is 1. The van der Waals surface area contributed by atoms with Crippen LogP contribution < -0.4 is 4.90 Å². The fourth-order valence-corrected chi connectivity index (χ4v) is 3.96. The zero-order valence-electron chi connectivity index (χ0n) is 13.7. The molecule has 0 fully saturated rings. The first kappa shape index (κ1) is 14.5. The largest absolute Gasteiger partial charge is 0.308 e. The molecule has 2 aromatic rings. The number of hydrogen-bond donors (Lipinski definition) is 0. The molecule has 1 atom stereocenters. The highest BCUT2D eigenvalue weighted by atomic mass is 16.2. The van der Waals surface area contributed by atoms with Crippen molar-refractivity contribution in [1.29, 1.82) is 0 Å². The number of hydrogen-bond acceptors (Lipinski definition) is 2. The molecule has 0 saturated carbocycles. The quantitative estimate of drug-likeness (QED) is 0.855. The van der Waals surface area contributed by atoms with Gasteiger partial charge in [0, 0.05) is 17.4 Å². The van der Waals surface area contributed by atoms with Gasteiger partial charge >= 0.3 is 0 Å². The van der Waals surface area contributed by atoms with E-state index in [0.717, 1.165) is 31.4 Å². The molecule has 1 aliphatic carbocycles. The predicted octanol–water partition coefficient (Wildman–Crippen LogP) is 3.13. The van der Waals surface area contributed by atoms with Crippen molar-refractivity contribution in [3.63, 3.8) is 0 Å². The number of nitrogens with zero attached hydrogens (tertiary/aromatic N) is 3. The van der Waals surface area contributed by atoms with Gasteiger partial charge in [0.1, 0.15) is 6.54 Å². The van der Waals surface area contributed by atoms with Crippen LogP contribution in [0.5, 0.6) is 0 Å². The highest BCUT2D eigenvalue weighted by Gasteiger charge is 2.28. The maximum absolute atomic E-state index is 13.0. The number of anilines is 1. The first-order chi connectivity index (χ1) is 11.2. The van der Waals surface area contributed by atoms with Crippen LogP contribution in [0.3, 0.4) is 0 Å². The van der Waals surface area contributed by atoms with Crippen molar-refractivity contribution in [2.24, 2.45) is 0 Å². The lowest BCUT2D eigenvalue weighted by molar-refractivity contribution is -0.119. The van der Waals surface area contributed by atoms with E-state index in [2.05, 4.69) is 30.2 Å². The maximum atomic E-state index is 13.0. The molecule has 0 saturated heterocycles. The van der Waals surface area contributed by atoms with Gasteiger partial charge < -0.3 is 4.90 Å². The van der Waals surface area contributed by atoms with E-state index in [1.165, 1.54) is 29.7 Å². The maximum Gasteiger partial charge on any atom is 0.248 e. The number of aromatic nitrogens is 2. The molecule has 120 valence electrons. The second-order valence-electron chi connectivity index (χ2n) is 6.76. The smallest absolute Gasteiger partial charge is 0.248 e. The molecule has 4 nitrogen and oxygen atoms in total. The topological polar surface area (TPSA) is 38.1 Å². The number of rotatable bonds is 2. The summed E-state index contributed by atoms with van der Waals surface area (Å²) < 4.78 is 1.93. The molecule has 1 aromatic heterocycles. The molecule has 1 unspecified atom stereocenters. The summed E-state index contributed by atoms with van der Waals surface area (Å²) in [6, 6.07) is 8.54. The van der Waals surface area contributed by atoms with E-state index in [0.29, 0.717) is 6.54 Å². The van der Waals surface area contributed by atoms with Crippen molar-refractivity contribution in [3.05, 3.63) is 47.3 Å². The van der Waals surface area contributed by atoms with Gasteiger partial charge in [0.15, 0.2) is 0 Å². The molecule has 1 amide bonds. The van der Waals surface area contributed by atoms with Crippen LogP contribution in [0, 0.1) is 0 Å². The van der Waals surface area contributed by atoms with Gasteiger partial charge in [-0.15, -0.1) is 0 Å². The summed E-state index contributed by atoms with van der Waals surface area (Å²) in [5.41, 5.74) is 4.96. The summed E-state index contributed by atoms with van der Waals surface area (Å²) in [4.78, 5) is 15.0. The molecule has 0 N–H and O–H groups in total. The summed E-state index contributed by atoms with van der Waals surface area (Å²) >= 11 is 0. The van der Waals surface area contributed by atoms with E-state index < -0.39 is 0 Å². The number of para-hydroxylation sites is 1. The molecule has 0 radical (unpaired) electrons. The molecule has 23 heavy (non-hydrogen) atoms. The molecule has 4 heteroatoms. The predicted molar refractivity (Wildman–Crippen MR) is 90.6 cm³/mol. The van der Waals surface area contributed by atoms with Crippen LogP contribution in [-0.4, -0.2) is 21.7 Å². The summed E-state index contributed by atoms with van der Waals surface area (Å²) in [6.45, 7) is 2.50. The lowest BCUT2D eigenvalue weighted by Crippen LogP contribution is -2.44. The van der Waals surface area contributed by atoms with Gasteiger partial charge in [0.05, 0.1) is 6.20 Å². The Morgan fingerprint density at radius 2 is 2.00 bits per heavy atom. The SMILES string of the molecule is CC1CCc2ccccc2N1C(=O)Cn1ncc2c1CCCC2. The monoisotopic (exact) mass is 309 g/mol. The summed E-state index contributed by atoms with van der Waals surface area (Å²) in [7, 11) is 0. The van der Waals surface area contributed by atoms with Gasteiger partial charge in [-0.25, -0.2) is 0 Å². The summed E-state index contributed by atoms with van der Waals surface area (Å²) in [5.74, 6) is 0.154. The zero-order valence-corrected chi connectivity index (χ0v) is 13.7. The van der Waals surface area contributed by atoms with Crippen LogP contribution in [-0.2, 0) is 30.6 Å². The van der Waals surface area contributed by atoms with E-state index in [-0.39, 0.29) is 11.9 Å². The van der Waals surface area contributed by atoms with Crippen molar-refractivity contribution < 1.29 is 4.79 Å². The van der Waals surface area contributed by atoms with Gasteiger partial charge in [-0.2, -0.15) is 5.10 Å². The average Bonchev–Trinajstić information content (AvgIpc) is 2.98. The fourth-order valence-electron chi connectivity index (χ4n) is 3.96. The second kappa shape index (κ2) is 5.84. The highest BCUT2D eigenvalue weighted by molar-refractivity contribution is 5.95. The number of aryl methyl sites for hydroxylation is 2. The molecular weight excluding hydrogens is 286 g/mol. The Balaban J connectivity index is 1.61. The van der Waals surface area contributed by atoms with Crippen molar-refractivity contribution in [2.45, 2.75) is 58.0 Å². The molecular formula is C19H23N3O. The first-order valence-electron chi connectivity index (χ1n) is 8.67. The second-order valence-corrected chi connectivity index (χ2v) is 6.76. The molecule has 4 rings (SSSR count). The normalized spacial score (nSPS) is 20.0. The lowest BCUT2D eigenvalue weighted by atomic mass is 9.96. The summed E-state index contributed by atoms with van der Waals surface area (Å²) in [6.07, 6.45) is 8.63. The van der Waals surface area contributed by atoms with Crippen molar-refractivity contribution in [2.75, 3.05) is 4.90 Å². The van der Waals surface area contributed by atoms with E-state index in [1.807, 2.05) is 21.8 Å². The highest BCUT2D eigenvalue weighted by Crippen LogP contribution is 2.31. The third kappa shape index (κ3) is 2.56. The molecule has 1 aliphatic heterocycles. The van der Waals surface area contributed by atoms with E-state index in [9.17, 15) is 4.79 Å². The third-order valence-electron chi connectivity index (χ3n) is 5.22. The van der Waals surface area contributed by atoms with Crippen molar-refractivity contribution >= 4 is 11.6 Å². The van der Waals surface area contributed by atoms with Gasteiger partial charge in [-0.05, 0) is 62.6 Å². The fraction of sp³-hybridized carbons (Fsp3) is 0.474. The molecule has 1 aromatic carbocycles. The van der Waals surface area contributed by atoms with Gasteiger partial charge in [-0.1, -0.05) is 18.2 Å². The van der Waals surface area contributed by atoms with Gasteiger partial charge in [0.2, 0.25) is 5.91 Å². The van der Waals surface area contributed by atoms with E-state index in [1.54, 1.807) is 0 Å². The standard InChI is InChI=1S/C19H23N3O/c1-14-10-11-15-6-2-5-9-18(15)22(14)19(23)13-21-17-8-4-3-7-16(17)12-20-21/h2,5-6,9,12,14H,3-4,7-8,10-11,13H2,1H3. The molecule has 2 heterocycles. The minimum absolute atomic E-state index is 0.154. The minimum Gasteiger partial charge on any atom is -0.308 e. The van der Waals surface area contributed by atoms with E-state index in [4.69, 9.17) is 0 Å². The number of benzene rings is 1. The Hall–Kier alpha value is -2.10. The molecule has 0 bridgehead atoms.